The number of fused-ring (bicyclic) bond motifs is 1. The highest BCUT2D eigenvalue weighted by Crippen LogP contribution is 2.38. The van der Waals surface area contributed by atoms with Gasteiger partial charge < -0.3 is 10.2 Å². The van der Waals surface area contributed by atoms with Crippen molar-refractivity contribution >= 4 is 28.7 Å². The quantitative estimate of drug-likeness (QED) is 0.304. The average molecular weight is 443 g/mol. The van der Waals surface area contributed by atoms with Gasteiger partial charge in [-0.05, 0) is 62.8 Å². The molecule has 33 heavy (non-hydrogen) atoms. The van der Waals surface area contributed by atoms with Gasteiger partial charge in [-0.15, -0.1) is 0 Å². The van der Waals surface area contributed by atoms with Gasteiger partial charge in [-0.3, -0.25) is 19.9 Å². The molecule has 0 aromatic heterocycles. The van der Waals surface area contributed by atoms with Crippen LogP contribution in [0.3, 0.4) is 0 Å². The molecule has 0 fully saturated rings. The minimum Gasteiger partial charge on any atom is -0.325 e. The number of nitro benzene ring substituents is 1. The van der Waals surface area contributed by atoms with Crippen molar-refractivity contribution in [1.29, 1.82) is 0 Å². The number of non-ortho nitro benzene ring substituents is 1. The molecule has 4 rings (SSSR count). The molecule has 1 heterocycles. The number of aryl methyl sites for hydroxylation is 1. The molecule has 168 valence electrons. The minimum atomic E-state index is -0.734. The Labute approximate surface area is 192 Å². The van der Waals surface area contributed by atoms with Crippen LogP contribution in [-0.4, -0.2) is 42.1 Å². The average Bonchev–Trinajstić information content (AvgIpc) is 3.13. The Morgan fingerprint density at radius 2 is 1.79 bits per heavy atom. The summed E-state index contributed by atoms with van der Waals surface area (Å²) >= 11 is 0. The number of anilines is 1. The SMILES string of the molecule is CN(C)CCCc1ccc(N=C(c2ccccc2)C2C(=O)Nc3ccc([N+](=O)[O-])cc32)cc1. The normalized spacial score (nSPS) is 15.4. The summed E-state index contributed by atoms with van der Waals surface area (Å²) in [5.74, 6) is -0.976. The number of amides is 1. The van der Waals surface area contributed by atoms with Crippen molar-refractivity contribution in [3.63, 3.8) is 0 Å². The van der Waals surface area contributed by atoms with Crippen molar-refractivity contribution in [2.24, 2.45) is 4.99 Å². The molecular formula is C26H26N4O3. The molecule has 1 unspecified atom stereocenters. The molecular weight excluding hydrogens is 416 g/mol. The number of carbonyl (C=O) groups excluding carboxylic acids is 1. The third-order valence-electron chi connectivity index (χ3n) is 5.68. The molecule has 1 amide bonds. The van der Waals surface area contributed by atoms with Gasteiger partial charge in [0.15, 0.2) is 0 Å². The number of rotatable bonds is 8. The van der Waals surface area contributed by atoms with E-state index in [0.29, 0.717) is 17.0 Å². The number of aliphatic imine (C=N–C) groups is 1. The van der Waals surface area contributed by atoms with Crippen molar-refractivity contribution < 1.29 is 9.72 Å². The van der Waals surface area contributed by atoms with Crippen molar-refractivity contribution in [1.82, 2.24) is 4.90 Å². The number of hydrogen-bond donors (Lipinski definition) is 1. The first-order valence-electron chi connectivity index (χ1n) is 10.9. The van der Waals surface area contributed by atoms with Crippen LogP contribution < -0.4 is 5.32 Å². The molecule has 3 aromatic rings. The zero-order valence-corrected chi connectivity index (χ0v) is 18.7. The van der Waals surface area contributed by atoms with Crippen LogP contribution in [0, 0.1) is 10.1 Å². The maximum Gasteiger partial charge on any atom is 0.269 e. The van der Waals surface area contributed by atoms with Crippen molar-refractivity contribution in [2.75, 3.05) is 26.0 Å². The zero-order chi connectivity index (χ0) is 23.4. The lowest BCUT2D eigenvalue weighted by molar-refractivity contribution is -0.384. The largest absolute Gasteiger partial charge is 0.325 e. The van der Waals surface area contributed by atoms with Crippen LogP contribution in [0.4, 0.5) is 17.1 Å². The van der Waals surface area contributed by atoms with Gasteiger partial charge >= 0.3 is 0 Å². The molecule has 0 spiro atoms. The fourth-order valence-corrected chi connectivity index (χ4v) is 4.01. The van der Waals surface area contributed by atoms with Gasteiger partial charge in [-0.2, -0.15) is 0 Å². The maximum absolute atomic E-state index is 13.0. The number of hydrogen-bond acceptors (Lipinski definition) is 5. The number of carbonyl (C=O) groups is 1. The van der Waals surface area contributed by atoms with E-state index in [1.165, 1.54) is 17.7 Å². The first kappa shape index (κ1) is 22.4. The monoisotopic (exact) mass is 442 g/mol. The van der Waals surface area contributed by atoms with Gasteiger partial charge in [0.05, 0.1) is 16.3 Å². The van der Waals surface area contributed by atoms with Gasteiger partial charge in [-0.1, -0.05) is 42.5 Å². The van der Waals surface area contributed by atoms with E-state index in [0.717, 1.165) is 30.6 Å². The van der Waals surface area contributed by atoms with Crippen LogP contribution in [0.15, 0.2) is 77.8 Å². The smallest absolute Gasteiger partial charge is 0.269 e. The Kier molecular flexibility index (Phi) is 6.60. The van der Waals surface area contributed by atoms with Crippen molar-refractivity contribution in [2.45, 2.75) is 18.8 Å². The molecule has 1 atom stereocenters. The van der Waals surface area contributed by atoms with E-state index in [9.17, 15) is 14.9 Å². The lowest BCUT2D eigenvalue weighted by atomic mass is 9.90. The van der Waals surface area contributed by atoms with Crippen LogP contribution in [0.25, 0.3) is 0 Å². The van der Waals surface area contributed by atoms with Crippen LogP contribution in [0.1, 0.15) is 29.0 Å². The van der Waals surface area contributed by atoms with Gasteiger partial charge in [0.1, 0.15) is 5.92 Å². The van der Waals surface area contributed by atoms with E-state index < -0.39 is 10.8 Å². The molecule has 0 saturated heterocycles. The van der Waals surface area contributed by atoms with Crippen LogP contribution in [-0.2, 0) is 11.2 Å². The lowest BCUT2D eigenvalue weighted by Gasteiger charge is -2.14. The van der Waals surface area contributed by atoms with Gasteiger partial charge in [0.2, 0.25) is 5.91 Å². The van der Waals surface area contributed by atoms with E-state index in [-0.39, 0.29) is 11.6 Å². The number of benzene rings is 3. The summed E-state index contributed by atoms with van der Waals surface area (Å²) in [6, 6.07) is 21.9. The highest BCUT2D eigenvalue weighted by Gasteiger charge is 2.36. The summed E-state index contributed by atoms with van der Waals surface area (Å²) in [5, 5.41) is 14.2. The molecule has 7 nitrogen and oxygen atoms in total. The Morgan fingerprint density at radius 1 is 1.06 bits per heavy atom. The maximum atomic E-state index is 13.0. The summed E-state index contributed by atoms with van der Waals surface area (Å²) in [6.45, 7) is 1.03. The minimum absolute atomic E-state index is 0.0512. The van der Waals surface area contributed by atoms with E-state index in [4.69, 9.17) is 4.99 Å². The second-order valence-electron chi connectivity index (χ2n) is 8.39. The number of nitrogens with one attached hydrogen (secondary N) is 1. The summed E-state index contributed by atoms with van der Waals surface area (Å²) in [7, 11) is 4.13. The fourth-order valence-electron chi connectivity index (χ4n) is 4.01. The van der Waals surface area contributed by atoms with E-state index in [1.54, 1.807) is 6.07 Å². The van der Waals surface area contributed by atoms with Crippen LogP contribution in [0.2, 0.25) is 0 Å². The predicted molar refractivity (Wildman–Crippen MR) is 130 cm³/mol. The highest BCUT2D eigenvalue weighted by atomic mass is 16.6. The molecule has 0 aliphatic carbocycles. The van der Waals surface area contributed by atoms with Gasteiger partial charge in [-0.25, -0.2) is 0 Å². The number of nitro groups is 1. The molecule has 1 N–H and O–H groups in total. The molecule has 0 radical (unpaired) electrons. The third-order valence-corrected chi connectivity index (χ3v) is 5.68. The van der Waals surface area contributed by atoms with Crippen molar-refractivity contribution in [3.8, 4) is 0 Å². The molecule has 0 bridgehead atoms. The van der Waals surface area contributed by atoms with Crippen LogP contribution >= 0.6 is 0 Å². The van der Waals surface area contributed by atoms with Gasteiger partial charge in [0, 0.05) is 23.4 Å². The Balaban J connectivity index is 1.71. The van der Waals surface area contributed by atoms with E-state index in [1.807, 2.05) is 42.5 Å². The fraction of sp³-hybridized carbons (Fsp3) is 0.231. The van der Waals surface area contributed by atoms with Crippen LogP contribution in [0.5, 0.6) is 0 Å². The number of nitrogens with zero attached hydrogens (tertiary/aromatic N) is 3. The molecule has 7 heteroatoms. The molecule has 0 saturated carbocycles. The summed E-state index contributed by atoms with van der Waals surface area (Å²) < 4.78 is 0. The summed E-state index contributed by atoms with van der Waals surface area (Å²) in [4.78, 5) is 30.9. The molecule has 1 aliphatic rings. The first-order valence-corrected chi connectivity index (χ1v) is 10.9. The first-order chi connectivity index (χ1) is 15.9. The van der Waals surface area contributed by atoms with Gasteiger partial charge in [0.25, 0.3) is 5.69 Å². The third kappa shape index (κ3) is 5.15. The summed E-state index contributed by atoms with van der Waals surface area (Å²) in [5.41, 5.74) is 4.42. The van der Waals surface area contributed by atoms with Crippen molar-refractivity contribution in [3.05, 3.63) is 99.6 Å². The zero-order valence-electron chi connectivity index (χ0n) is 18.7. The summed E-state index contributed by atoms with van der Waals surface area (Å²) in [6.07, 6.45) is 2.05. The van der Waals surface area contributed by atoms with E-state index in [2.05, 4.69) is 36.4 Å². The Bertz CT molecular complexity index is 1190. The Morgan fingerprint density at radius 3 is 2.45 bits per heavy atom. The second kappa shape index (κ2) is 9.75. The Hall–Kier alpha value is -3.84. The highest BCUT2D eigenvalue weighted by molar-refractivity contribution is 6.24. The standard InChI is InChI=1S/C26H26N4O3/c1-29(2)16-6-7-18-10-12-20(13-11-18)27-25(19-8-4-3-5-9-19)24-22-17-21(30(32)33)14-15-23(22)28-26(24)31/h3-5,8-15,17,24H,6-7,16H2,1-2H3,(H,28,31). The second-order valence-corrected chi connectivity index (χ2v) is 8.39. The van der Waals surface area contributed by atoms with E-state index >= 15 is 0 Å². The predicted octanol–water partition coefficient (Wildman–Crippen LogP) is 4.95. The lowest BCUT2D eigenvalue weighted by Crippen LogP contribution is -2.22. The topological polar surface area (TPSA) is 87.8 Å². The molecule has 3 aromatic carbocycles. The molecule has 1 aliphatic heterocycles.